The van der Waals surface area contributed by atoms with Crippen molar-refractivity contribution in [2.24, 2.45) is 5.92 Å². The molecule has 0 spiro atoms. The minimum Gasteiger partial charge on any atom is -0.336 e. The molecule has 1 aromatic carbocycles. The average Bonchev–Trinajstić information content (AvgIpc) is 3.22. The van der Waals surface area contributed by atoms with Gasteiger partial charge in [-0.05, 0) is 55.5 Å². The maximum atomic E-state index is 13.0. The van der Waals surface area contributed by atoms with E-state index in [0.29, 0.717) is 36.2 Å². The first-order chi connectivity index (χ1) is 13.7. The molecule has 2 aromatic heterocycles. The Hall–Kier alpha value is -3.16. The minimum atomic E-state index is -0.305. The van der Waals surface area contributed by atoms with Gasteiger partial charge in [0.05, 0.1) is 0 Å². The lowest BCUT2D eigenvalue weighted by atomic mass is 9.93. The van der Waals surface area contributed by atoms with Gasteiger partial charge < -0.3 is 9.42 Å². The van der Waals surface area contributed by atoms with Gasteiger partial charge in [0.2, 0.25) is 5.82 Å². The topological polar surface area (TPSA) is 85.0 Å². The molecule has 0 bridgehead atoms. The number of aromatic nitrogens is 4. The Morgan fingerprint density at radius 3 is 2.79 bits per heavy atom. The molecule has 3 aromatic rings. The first-order valence-electron chi connectivity index (χ1n) is 9.34. The largest absolute Gasteiger partial charge is 0.336 e. The van der Waals surface area contributed by atoms with Crippen LogP contribution in [0.25, 0.3) is 11.5 Å². The fourth-order valence-electron chi connectivity index (χ4n) is 3.43. The molecular formula is C20H20FN5O2. The van der Waals surface area contributed by atoms with Crippen molar-refractivity contribution in [3.8, 4) is 11.5 Å². The van der Waals surface area contributed by atoms with Crippen LogP contribution in [0.1, 0.15) is 35.7 Å². The number of nitrogens with zero attached hydrogens (tertiary/aromatic N) is 5. The molecule has 8 heteroatoms. The maximum absolute atomic E-state index is 13.0. The Morgan fingerprint density at radius 2 is 2.00 bits per heavy atom. The van der Waals surface area contributed by atoms with E-state index in [-0.39, 0.29) is 17.5 Å². The molecule has 4 rings (SSSR count). The lowest BCUT2D eigenvalue weighted by Crippen LogP contribution is -2.40. The number of rotatable bonds is 5. The number of halogens is 1. The van der Waals surface area contributed by atoms with E-state index >= 15 is 0 Å². The summed E-state index contributed by atoms with van der Waals surface area (Å²) in [5.74, 6) is 1.19. The lowest BCUT2D eigenvalue weighted by Gasteiger charge is -2.32. The molecule has 28 heavy (non-hydrogen) atoms. The van der Waals surface area contributed by atoms with Gasteiger partial charge in [-0.15, -0.1) is 0 Å². The summed E-state index contributed by atoms with van der Waals surface area (Å²) >= 11 is 0. The molecule has 1 atom stereocenters. The molecule has 0 saturated carbocycles. The molecule has 1 saturated heterocycles. The molecule has 1 fully saturated rings. The summed E-state index contributed by atoms with van der Waals surface area (Å²) in [6, 6.07) is 7.65. The highest BCUT2D eigenvalue weighted by Crippen LogP contribution is 2.23. The monoisotopic (exact) mass is 381 g/mol. The van der Waals surface area contributed by atoms with Gasteiger partial charge in [-0.25, -0.2) is 14.4 Å². The zero-order chi connectivity index (χ0) is 19.3. The fraction of sp³-hybridized carbons (Fsp3) is 0.350. The second kappa shape index (κ2) is 8.24. The predicted octanol–water partition coefficient (Wildman–Crippen LogP) is 3.15. The fourth-order valence-corrected chi connectivity index (χ4v) is 3.43. The Kier molecular flexibility index (Phi) is 5.36. The summed E-state index contributed by atoms with van der Waals surface area (Å²) < 4.78 is 18.3. The number of piperidine rings is 1. The number of carbonyl (C=O) groups excluding carboxylic acids is 1. The second-order valence-corrected chi connectivity index (χ2v) is 6.89. The third kappa shape index (κ3) is 4.21. The van der Waals surface area contributed by atoms with Crippen molar-refractivity contribution in [3.05, 3.63) is 60.2 Å². The summed E-state index contributed by atoms with van der Waals surface area (Å²) in [6.07, 6.45) is 6.70. The van der Waals surface area contributed by atoms with E-state index in [1.807, 2.05) is 4.90 Å². The summed E-state index contributed by atoms with van der Waals surface area (Å²) in [5, 5.41) is 4.02. The van der Waals surface area contributed by atoms with Crippen LogP contribution in [0.3, 0.4) is 0 Å². The van der Waals surface area contributed by atoms with Gasteiger partial charge >= 0.3 is 0 Å². The van der Waals surface area contributed by atoms with E-state index < -0.39 is 0 Å². The van der Waals surface area contributed by atoms with Crippen LogP contribution in [0, 0.1) is 11.7 Å². The zero-order valence-corrected chi connectivity index (χ0v) is 15.3. The first kappa shape index (κ1) is 18.2. The standard InChI is InChI=1S/C20H20FN5O2/c21-16-7-5-15(6-8-16)19-24-17(25-28-19)9-4-14-3-1-12-26(13-14)20(27)18-22-10-2-11-23-18/h2,5-8,10-11,14H,1,3-4,9,12-13H2. The Bertz CT molecular complexity index is 929. The number of amides is 1. The molecule has 1 aliphatic rings. The average molecular weight is 381 g/mol. The van der Waals surface area contributed by atoms with Gasteiger partial charge in [0.25, 0.3) is 11.8 Å². The number of hydrogen-bond acceptors (Lipinski definition) is 6. The molecule has 0 N–H and O–H groups in total. The molecular weight excluding hydrogens is 361 g/mol. The SMILES string of the molecule is O=C(c1ncccn1)N1CCCC(CCc2noc(-c3ccc(F)cc3)n2)C1. The van der Waals surface area contributed by atoms with Crippen LogP contribution < -0.4 is 0 Å². The van der Waals surface area contributed by atoms with E-state index in [4.69, 9.17) is 4.52 Å². The Morgan fingerprint density at radius 1 is 1.21 bits per heavy atom. The van der Waals surface area contributed by atoms with Crippen LogP contribution in [-0.2, 0) is 6.42 Å². The van der Waals surface area contributed by atoms with Crippen molar-refractivity contribution < 1.29 is 13.7 Å². The van der Waals surface area contributed by atoms with Crippen LogP contribution in [0.2, 0.25) is 0 Å². The van der Waals surface area contributed by atoms with Gasteiger partial charge in [-0.2, -0.15) is 4.98 Å². The predicted molar refractivity (Wildman–Crippen MR) is 98.7 cm³/mol. The molecule has 7 nitrogen and oxygen atoms in total. The van der Waals surface area contributed by atoms with E-state index in [1.165, 1.54) is 12.1 Å². The van der Waals surface area contributed by atoms with Crippen molar-refractivity contribution in [3.63, 3.8) is 0 Å². The molecule has 1 amide bonds. The van der Waals surface area contributed by atoms with Crippen molar-refractivity contribution in [2.45, 2.75) is 25.7 Å². The molecule has 0 radical (unpaired) electrons. The summed E-state index contributed by atoms with van der Waals surface area (Å²) in [7, 11) is 0. The molecule has 144 valence electrons. The maximum Gasteiger partial charge on any atom is 0.291 e. The van der Waals surface area contributed by atoms with Crippen molar-refractivity contribution in [1.29, 1.82) is 0 Å². The lowest BCUT2D eigenvalue weighted by molar-refractivity contribution is 0.0655. The Labute approximate surface area is 161 Å². The number of carbonyl (C=O) groups is 1. The van der Waals surface area contributed by atoms with Gasteiger partial charge in [-0.3, -0.25) is 4.79 Å². The number of benzene rings is 1. The van der Waals surface area contributed by atoms with Crippen molar-refractivity contribution in [1.82, 2.24) is 25.0 Å². The number of aryl methyl sites for hydroxylation is 1. The van der Waals surface area contributed by atoms with E-state index in [1.54, 1.807) is 30.6 Å². The molecule has 3 heterocycles. The highest BCUT2D eigenvalue weighted by Gasteiger charge is 2.26. The highest BCUT2D eigenvalue weighted by molar-refractivity contribution is 5.90. The minimum absolute atomic E-state index is 0.122. The van der Waals surface area contributed by atoms with Crippen LogP contribution in [0.4, 0.5) is 4.39 Å². The van der Waals surface area contributed by atoms with E-state index in [0.717, 1.165) is 25.8 Å². The van der Waals surface area contributed by atoms with Gasteiger partial charge in [0.15, 0.2) is 5.82 Å². The normalized spacial score (nSPS) is 16.9. The van der Waals surface area contributed by atoms with E-state index in [2.05, 4.69) is 20.1 Å². The zero-order valence-electron chi connectivity index (χ0n) is 15.3. The summed E-state index contributed by atoms with van der Waals surface area (Å²) in [4.78, 5) is 26.9. The molecule has 1 unspecified atom stereocenters. The van der Waals surface area contributed by atoms with Crippen LogP contribution in [0.5, 0.6) is 0 Å². The molecule has 1 aliphatic heterocycles. The second-order valence-electron chi connectivity index (χ2n) is 6.89. The Balaban J connectivity index is 1.34. The third-order valence-electron chi connectivity index (χ3n) is 4.90. The summed E-state index contributed by atoms with van der Waals surface area (Å²) in [6.45, 7) is 1.41. The van der Waals surface area contributed by atoms with Gasteiger partial charge in [0.1, 0.15) is 5.82 Å². The smallest absolute Gasteiger partial charge is 0.291 e. The van der Waals surface area contributed by atoms with Crippen molar-refractivity contribution >= 4 is 5.91 Å². The number of likely N-dealkylation sites (tertiary alicyclic amines) is 1. The third-order valence-corrected chi connectivity index (χ3v) is 4.90. The van der Waals surface area contributed by atoms with Crippen molar-refractivity contribution in [2.75, 3.05) is 13.1 Å². The van der Waals surface area contributed by atoms with E-state index in [9.17, 15) is 9.18 Å². The molecule has 0 aliphatic carbocycles. The number of hydrogen-bond donors (Lipinski definition) is 0. The van der Waals surface area contributed by atoms with Gasteiger partial charge in [-0.1, -0.05) is 5.16 Å². The van der Waals surface area contributed by atoms with Crippen LogP contribution in [0.15, 0.2) is 47.2 Å². The van der Waals surface area contributed by atoms with Crippen LogP contribution >= 0.6 is 0 Å². The van der Waals surface area contributed by atoms with Crippen LogP contribution in [-0.4, -0.2) is 44.0 Å². The quantitative estimate of drug-likeness (QED) is 0.675. The van der Waals surface area contributed by atoms with Gasteiger partial charge in [0, 0.05) is 37.5 Å². The first-order valence-corrected chi connectivity index (χ1v) is 9.34. The highest BCUT2D eigenvalue weighted by atomic mass is 19.1. The summed E-state index contributed by atoms with van der Waals surface area (Å²) in [5.41, 5.74) is 0.692.